The fraction of sp³-hybridized carbons (Fsp3) is 0.278. The summed E-state index contributed by atoms with van der Waals surface area (Å²) in [5.41, 5.74) is 0.971. The number of carbonyl (C=O) groups is 1. The molecular formula is C18H20ClFN2O3S. The first-order valence-corrected chi connectivity index (χ1v) is 10.2. The lowest BCUT2D eigenvalue weighted by molar-refractivity contribution is -0.120. The molecule has 0 fully saturated rings. The fourth-order valence-electron chi connectivity index (χ4n) is 2.38. The predicted molar refractivity (Wildman–Crippen MR) is 99.8 cm³/mol. The first-order valence-electron chi connectivity index (χ1n) is 7.96. The van der Waals surface area contributed by atoms with Crippen molar-refractivity contribution < 1.29 is 17.6 Å². The largest absolute Gasteiger partial charge is 0.354 e. The third-order valence-electron chi connectivity index (χ3n) is 3.77. The summed E-state index contributed by atoms with van der Waals surface area (Å²) in [7, 11) is -3.48. The van der Waals surface area contributed by atoms with E-state index in [4.69, 9.17) is 11.6 Å². The lowest BCUT2D eigenvalue weighted by Gasteiger charge is -2.21. The second-order valence-electron chi connectivity index (χ2n) is 5.81. The molecule has 0 unspecified atom stereocenters. The molecule has 2 rings (SSSR count). The lowest BCUT2D eigenvalue weighted by Crippen LogP contribution is -2.38. The van der Waals surface area contributed by atoms with E-state index in [0.29, 0.717) is 16.1 Å². The first kappa shape index (κ1) is 20.4. The van der Waals surface area contributed by atoms with E-state index in [1.54, 1.807) is 36.4 Å². The summed E-state index contributed by atoms with van der Waals surface area (Å²) < 4.78 is 38.7. The van der Waals surface area contributed by atoms with Crippen LogP contribution in [0.2, 0.25) is 5.02 Å². The van der Waals surface area contributed by atoms with E-state index in [0.717, 1.165) is 6.26 Å². The molecule has 0 aliphatic carbocycles. The zero-order valence-electron chi connectivity index (χ0n) is 14.3. The van der Waals surface area contributed by atoms with E-state index in [2.05, 4.69) is 5.32 Å². The molecule has 2 aromatic carbocycles. The second-order valence-corrected chi connectivity index (χ2v) is 8.20. The number of benzene rings is 2. The molecule has 0 spiro atoms. The van der Waals surface area contributed by atoms with Gasteiger partial charge in [0.15, 0.2) is 0 Å². The first-order chi connectivity index (χ1) is 12.3. The Morgan fingerprint density at radius 1 is 1.12 bits per heavy atom. The summed E-state index contributed by atoms with van der Waals surface area (Å²) in [5, 5.41) is 3.09. The van der Waals surface area contributed by atoms with Gasteiger partial charge in [0.25, 0.3) is 0 Å². The zero-order chi connectivity index (χ0) is 19.2. The van der Waals surface area contributed by atoms with Crippen LogP contribution in [0.1, 0.15) is 11.1 Å². The molecule has 2 aromatic rings. The van der Waals surface area contributed by atoms with Crippen LogP contribution in [-0.2, 0) is 27.8 Å². The highest BCUT2D eigenvalue weighted by atomic mass is 35.5. The van der Waals surface area contributed by atoms with Gasteiger partial charge in [-0.05, 0) is 23.3 Å². The van der Waals surface area contributed by atoms with Crippen LogP contribution in [-0.4, -0.2) is 38.0 Å². The summed E-state index contributed by atoms with van der Waals surface area (Å²) in [6, 6.07) is 13.0. The van der Waals surface area contributed by atoms with Crippen molar-refractivity contribution in [3.05, 3.63) is 70.5 Å². The highest BCUT2D eigenvalue weighted by Gasteiger charge is 2.18. The van der Waals surface area contributed by atoms with Crippen molar-refractivity contribution in [3.8, 4) is 0 Å². The average Bonchev–Trinajstić information content (AvgIpc) is 2.57. The van der Waals surface area contributed by atoms with E-state index < -0.39 is 15.8 Å². The number of hydrogen-bond acceptors (Lipinski definition) is 3. The van der Waals surface area contributed by atoms with E-state index in [1.807, 2.05) is 0 Å². The molecule has 0 heterocycles. The molecule has 0 bridgehead atoms. The molecule has 1 amide bonds. The van der Waals surface area contributed by atoms with Crippen molar-refractivity contribution in [1.82, 2.24) is 9.62 Å². The van der Waals surface area contributed by atoms with Gasteiger partial charge in [-0.2, -0.15) is 4.31 Å². The van der Waals surface area contributed by atoms with Crippen LogP contribution in [0.4, 0.5) is 4.39 Å². The highest BCUT2D eigenvalue weighted by Crippen LogP contribution is 2.18. The van der Waals surface area contributed by atoms with Crippen LogP contribution >= 0.6 is 11.6 Å². The van der Waals surface area contributed by atoms with Crippen molar-refractivity contribution in [1.29, 1.82) is 0 Å². The van der Waals surface area contributed by atoms with Crippen molar-refractivity contribution in [2.24, 2.45) is 0 Å². The molecule has 0 aromatic heterocycles. The van der Waals surface area contributed by atoms with Crippen LogP contribution < -0.4 is 5.32 Å². The van der Waals surface area contributed by atoms with Gasteiger partial charge in [-0.25, -0.2) is 12.8 Å². The van der Waals surface area contributed by atoms with Gasteiger partial charge in [-0.1, -0.05) is 48.0 Å². The summed E-state index contributed by atoms with van der Waals surface area (Å²) in [5.74, 6) is -0.819. The maximum absolute atomic E-state index is 13.6. The number of amides is 1. The molecule has 1 N–H and O–H groups in total. The van der Waals surface area contributed by atoms with E-state index >= 15 is 0 Å². The van der Waals surface area contributed by atoms with Gasteiger partial charge in [0.1, 0.15) is 5.82 Å². The van der Waals surface area contributed by atoms with Crippen molar-refractivity contribution in [2.75, 3.05) is 19.3 Å². The minimum absolute atomic E-state index is 0.0903. The van der Waals surface area contributed by atoms with Gasteiger partial charge in [0.05, 0.1) is 12.7 Å². The number of nitrogens with zero attached hydrogens (tertiary/aromatic N) is 1. The van der Waals surface area contributed by atoms with Gasteiger partial charge < -0.3 is 5.32 Å². The summed E-state index contributed by atoms with van der Waals surface area (Å²) in [6.45, 7) is 0.319. The molecule has 0 radical (unpaired) electrons. The molecule has 0 aliphatic heterocycles. The zero-order valence-corrected chi connectivity index (χ0v) is 15.9. The molecule has 5 nitrogen and oxygen atoms in total. The Morgan fingerprint density at radius 2 is 1.73 bits per heavy atom. The van der Waals surface area contributed by atoms with Crippen molar-refractivity contribution in [3.63, 3.8) is 0 Å². The van der Waals surface area contributed by atoms with Crippen LogP contribution in [0.5, 0.6) is 0 Å². The molecular weight excluding hydrogens is 379 g/mol. The van der Waals surface area contributed by atoms with Gasteiger partial charge in [0, 0.05) is 24.7 Å². The maximum Gasteiger partial charge on any atom is 0.224 e. The van der Waals surface area contributed by atoms with Gasteiger partial charge in [-0.3, -0.25) is 4.79 Å². The Bertz CT molecular complexity index is 874. The van der Waals surface area contributed by atoms with E-state index in [1.165, 1.54) is 16.4 Å². The molecule has 26 heavy (non-hydrogen) atoms. The quantitative estimate of drug-likeness (QED) is 0.743. The Morgan fingerprint density at radius 3 is 2.35 bits per heavy atom. The van der Waals surface area contributed by atoms with E-state index in [9.17, 15) is 17.6 Å². The fourth-order valence-corrected chi connectivity index (χ4v) is 3.37. The topological polar surface area (TPSA) is 66.5 Å². The van der Waals surface area contributed by atoms with E-state index in [-0.39, 0.29) is 32.0 Å². The number of nitrogens with one attached hydrogen (secondary N) is 1. The number of sulfonamides is 1. The molecule has 140 valence electrons. The lowest BCUT2D eigenvalue weighted by atomic mass is 10.1. The second kappa shape index (κ2) is 9.12. The Hall–Kier alpha value is -1.96. The average molecular weight is 399 g/mol. The third kappa shape index (κ3) is 6.09. The van der Waals surface area contributed by atoms with Crippen molar-refractivity contribution in [2.45, 2.75) is 13.0 Å². The monoisotopic (exact) mass is 398 g/mol. The number of rotatable bonds is 8. The molecule has 0 atom stereocenters. The minimum Gasteiger partial charge on any atom is -0.354 e. The molecule has 0 saturated carbocycles. The normalized spacial score (nSPS) is 11.5. The summed E-state index contributed by atoms with van der Waals surface area (Å²) in [4.78, 5) is 11.9. The number of hydrogen-bond donors (Lipinski definition) is 1. The predicted octanol–water partition coefficient (Wildman–Crippen LogP) is 2.60. The third-order valence-corrected chi connectivity index (χ3v) is 5.38. The van der Waals surface area contributed by atoms with Crippen molar-refractivity contribution >= 4 is 27.5 Å². The maximum atomic E-state index is 13.6. The highest BCUT2D eigenvalue weighted by molar-refractivity contribution is 7.88. The van der Waals surface area contributed by atoms with Crippen LogP contribution in [0.25, 0.3) is 0 Å². The summed E-state index contributed by atoms with van der Waals surface area (Å²) >= 11 is 6.08. The number of halogens is 2. The molecule has 0 saturated heterocycles. The smallest absolute Gasteiger partial charge is 0.224 e. The molecule has 8 heteroatoms. The Kier molecular flexibility index (Phi) is 7.14. The standard InChI is InChI=1S/C18H20ClFN2O3S/c1-26(24,25)22(13-15-7-2-4-8-16(15)19)11-10-21-18(23)12-14-6-3-5-9-17(14)20/h2-9H,10-13H2,1H3,(H,21,23). The Labute approximate surface area is 157 Å². The summed E-state index contributed by atoms with van der Waals surface area (Å²) in [6.07, 6.45) is 1.00. The number of carbonyl (C=O) groups excluding carboxylic acids is 1. The Balaban J connectivity index is 1.92. The van der Waals surface area contributed by atoms with Crippen LogP contribution in [0.15, 0.2) is 48.5 Å². The van der Waals surface area contributed by atoms with Gasteiger partial charge in [0.2, 0.25) is 15.9 Å². The molecule has 0 aliphatic rings. The minimum atomic E-state index is -3.48. The van der Waals surface area contributed by atoms with Gasteiger partial charge >= 0.3 is 0 Å². The SMILES string of the molecule is CS(=O)(=O)N(CCNC(=O)Cc1ccccc1F)Cc1ccccc1Cl. The van der Waals surface area contributed by atoms with Crippen LogP contribution in [0, 0.1) is 5.82 Å². The van der Waals surface area contributed by atoms with Gasteiger partial charge in [-0.15, -0.1) is 0 Å². The van der Waals surface area contributed by atoms with Crippen LogP contribution in [0.3, 0.4) is 0 Å².